The highest BCUT2D eigenvalue weighted by atomic mass is 19.1. The van der Waals surface area contributed by atoms with E-state index in [0.29, 0.717) is 11.3 Å². The van der Waals surface area contributed by atoms with Crippen molar-refractivity contribution in [2.24, 2.45) is 0 Å². The van der Waals surface area contributed by atoms with E-state index in [0.717, 1.165) is 6.07 Å². The average molecular weight is 395 g/mol. The van der Waals surface area contributed by atoms with Crippen LogP contribution < -0.4 is 5.32 Å². The van der Waals surface area contributed by atoms with Crippen LogP contribution in [0.2, 0.25) is 0 Å². The van der Waals surface area contributed by atoms with Crippen molar-refractivity contribution in [2.45, 2.75) is 12.8 Å². The van der Waals surface area contributed by atoms with E-state index in [9.17, 15) is 13.6 Å². The summed E-state index contributed by atoms with van der Waals surface area (Å²) in [6.45, 7) is 0. The first-order chi connectivity index (χ1) is 14.1. The minimum atomic E-state index is -0.852. The number of hydrogen-bond acceptors (Lipinski definition) is 5. The lowest BCUT2D eigenvalue weighted by atomic mass is 10.0. The van der Waals surface area contributed by atoms with Gasteiger partial charge in [-0.05, 0) is 23.8 Å². The molecule has 0 radical (unpaired) electrons. The van der Waals surface area contributed by atoms with Crippen LogP contribution in [0.5, 0.6) is 0 Å². The average Bonchev–Trinajstić information content (AvgIpc) is 3.40. The van der Waals surface area contributed by atoms with Crippen LogP contribution in [0.4, 0.5) is 14.5 Å². The van der Waals surface area contributed by atoms with Gasteiger partial charge in [0.15, 0.2) is 5.76 Å². The zero-order chi connectivity index (χ0) is 20.2. The minimum Gasteiger partial charge on any atom is -0.461 e. The lowest BCUT2D eigenvalue weighted by Crippen LogP contribution is -2.14. The van der Waals surface area contributed by atoms with E-state index in [-0.39, 0.29) is 35.8 Å². The lowest BCUT2D eigenvalue weighted by Gasteiger charge is -2.12. The maximum Gasteiger partial charge on any atom is 0.238 e. The monoisotopic (exact) mass is 395 g/mol. The molecule has 6 nitrogen and oxygen atoms in total. The van der Waals surface area contributed by atoms with Crippen LogP contribution in [0.1, 0.15) is 12.3 Å². The number of nitrogens with one attached hydrogen (secondary N) is 1. The van der Waals surface area contributed by atoms with Gasteiger partial charge in [0.05, 0.1) is 12.0 Å². The van der Waals surface area contributed by atoms with Gasteiger partial charge in [-0.1, -0.05) is 35.5 Å². The quantitative estimate of drug-likeness (QED) is 0.505. The van der Waals surface area contributed by atoms with Crippen molar-refractivity contribution in [2.75, 3.05) is 5.32 Å². The fraction of sp³-hybridized carbons (Fsp3) is 0.0952. The standard InChI is InChI=1S/C21H15F2N3O3/c22-14-11-15(13-5-2-1-3-6-13)20(16(23)12-14)24-18(27)8-9-19-25-21(26-29-19)17-7-4-10-28-17/h1-7,10-12H,8-9H2,(H,24,27). The molecule has 0 unspecified atom stereocenters. The molecule has 4 aromatic rings. The second-order valence-electron chi connectivity index (χ2n) is 6.21. The Morgan fingerprint density at radius 1 is 1.07 bits per heavy atom. The Morgan fingerprint density at radius 2 is 1.90 bits per heavy atom. The van der Waals surface area contributed by atoms with E-state index < -0.39 is 17.5 Å². The summed E-state index contributed by atoms with van der Waals surface area (Å²) in [5.41, 5.74) is 0.764. The molecule has 0 spiro atoms. The fourth-order valence-electron chi connectivity index (χ4n) is 2.83. The van der Waals surface area contributed by atoms with Crippen molar-refractivity contribution in [1.29, 1.82) is 0 Å². The van der Waals surface area contributed by atoms with Gasteiger partial charge in [-0.2, -0.15) is 4.98 Å². The maximum atomic E-state index is 14.4. The van der Waals surface area contributed by atoms with Crippen LogP contribution >= 0.6 is 0 Å². The number of aromatic nitrogens is 2. The number of anilines is 1. The van der Waals surface area contributed by atoms with Crippen LogP contribution in [-0.4, -0.2) is 16.0 Å². The summed E-state index contributed by atoms with van der Waals surface area (Å²) < 4.78 is 38.4. The highest BCUT2D eigenvalue weighted by Crippen LogP contribution is 2.31. The Morgan fingerprint density at radius 3 is 2.66 bits per heavy atom. The van der Waals surface area contributed by atoms with Gasteiger partial charge >= 0.3 is 0 Å². The second kappa shape index (κ2) is 8.05. The van der Waals surface area contributed by atoms with Gasteiger partial charge < -0.3 is 14.3 Å². The van der Waals surface area contributed by atoms with Crippen LogP contribution in [-0.2, 0) is 11.2 Å². The smallest absolute Gasteiger partial charge is 0.238 e. The third kappa shape index (κ3) is 4.21. The molecule has 0 fully saturated rings. The topological polar surface area (TPSA) is 81.2 Å². The molecule has 0 aliphatic rings. The molecule has 0 aliphatic heterocycles. The van der Waals surface area contributed by atoms with Gasteiger partial charge in [-0.25, -0.2) is 8.78 Å². The van der Waals surface area contributed by atoms with Crippen LogP contribution in [0.15, 0.2) is 69.8 Å². The number of benzene rings is 2. The van der Waals surface area contributed by atoms with Crippen LogP contribution in [0, 0.1) is 11.6 Å². The molecular weight excluding hydrogens is 380 g/mol. The van der Waals surface area contributed by atoms with E-state index in [1.54, 1.807) is 42.5 Å². The van der Waals surface area contributed by atoms with Gasteiger partial charge in [0, 0.05) is 24.5 Å². The summed E-state index contributed by atoms with van der Waals surface area (Å²) in [6, 6.07) is 14.0. The Hall–Kier alpha value is -3.81. The Balaban J connectivity index is 1.47. The number of rotatable bonds is 6. The number of nitrogens with zero attached hydrogens (tertiary/aromatic N) is 2. The molecule has 2 aromatic carbocycles. The SMILES string of the molecule is O=C(CCc1nc(-c2ccco2)no1)Nc1c(F)cc(F)cc1-c1ccccc1. The molecule has 1 N–H and O–H groups in total. The first-order valence-corrected chi connectivity index (χ1v) is 8.81. The zero-order valence-electron chi connectivity index (χ0n) is 15.1. The number of carbonyl (C=O) groups is 1. The van der Waals surface area contributed by atoms with E-state index in [4.69, 9.17) is 8.94 Å². The van der Waals surface area contributed by atoms with Crippen LogP contribution in [0.3, 0.4) is 0 Å². The molecular formula is C21H15F2N3O3. The Kier molecular flexibility index (Phi) is 5.15. The number of hydrogen-bond donors (Lipinski definition) is 1. The predicted octanol–water partition coefficient (Wildman–Crippen LogP) is 4.85. The molecule has 29 heavy (non-hydrogen) atoms. The number of carbonyl (C=O) groups excluding carboxylic acids is 1. The van der Waals surface area contributed by atoms with Crippen molar-refractivity contribution in [3.8, 4) is 22.7 Å². The van der Waals surface area contributed by atoms with Crippen molar-refractivity contribution in [1.82, 2.24) is 10.1 Å². The van der Waals surface area contributed by atoms with Gasteiger partial charge in [-0.3, -0.25) is 4.79 Å². The van der Waals surface area contributed by atoms with Gasteiger partial charge in [0.1, 0.15) is 11.6 Å². The first kappa shape index (κ1) is 18.5. The third-order valence-corrected chi connectivity index (χ3v) is 4.18. The van der Waals surface area contributed by atoms with Crippen molar-refractivity contribution >= 4 is 11.6 Å². The molecule has 0 atom stereocenters. The molecule has 8 heteroatoms. The second-order valence-corrected chi connectivity index (χ2v) is 6.21. The first-order valence-electron chi connectivity index (χ1n) is 8.81. The lowest BCUT2D eigenvalue weighted by molar-refractivity contribution is -0.116. The molecule has 0 saturated heterocycles. The maximum absolute atomic E-state index is 14.4. The van der Waals surface area contributed by atoms with Crippen molar-refractivity contribution in [3.63, 3.8) is 0 Å². The fourth-order valence-corrected chi connectivity index (χ4v) is 2.83. The summed E-state index contributed by atoms with van der Waals surface area (Å²) in [5.74, 6) is -1.07. The Bertz CT molecular complexity index is 1130. The number of halogens is 2. The van der Waals surface area contributed by atoms with Crippen LogP contribution in [0.25, 0.3) is 22.7 Å². The molecule has 146 valence electrons. The zero-order valence-corrected chi connectivity index (χ0v) is 15.1. The van der Waals surface area contributed by atoms with Gasteiger partial charge in [-0.15, -0.1) is 0 Å². The van der Waals surface area contributed by atoms with E-state index >= 15 is 0 Å². The van der Waals surface area contributed by atoms with Crippen molar-refractivity contribution < 1.29 is 22.5 Å². The molecule has 0 saturated carbocycles. The van der Waals surface area contributed by atoms with E-state index in [1.165, 1.54) is 12.3 Å². The number of aryl methyl sites for hydroxylation is 1. The molecule has 1 amide bonds. The van der Waals surface area contributed by atoms with Crippen molar-refractivity contribution in [3.05, 3.63) is 78.4 Å². The molecule has 2 heterocycles. The summed E-state index contributed by atoms with van der Waals surface area (Å²) in [7, 11) is 0. The highest BCUT2D eigenvalue weighted by molar-refractivity contribution is 5.95. The molecule has 0 bridgehead atoms. The normalized spacial score (nSPS) is 10.8. The molecule has 0 aliphatic carbocycles. The molecule has 4 rings (SSSR count). The highest BCUT2D eigenvalue weighted by Gasteiger charge is 2.17. The van der Waals surface area contributed by atoms with E-state index in [2.05, 4.69) is 15.5 Å². The third-order valence-electron chi connectivity index (χ3n) is 4.18. The molecule has 2 aromatic heterocycles. The van der Waals surface area contributed by atoms with E-state index in [1.807, 2.05) is 0 Å². The summed E-state index contributed by atoms with van der Waals surface area (Å²) in [4.78, 5) is 16.5. The predicted molar refractivity (Wildman–Crippen MR) is 101 cm³/mol. The Labute approximate surface area is 164 Å². The summed E-state index contributed by atoms with van der Waals surface area (Å²) >= 11 is 0. The van der Waals surface area contributed by atoms with Gasteiger partial charge in [0.25, 0.3) is 0 Å². The largest absolute Gasteiger partial charge is 0.461 e. The van der Waals surface area contributed by atoms with Gasteiger partial charge in [0.2, 0.25) is 17.6 Å². The summed E-state index contributed by atoms with van der Waals surface area (Å²) in [5, 5.41) is 6.31. The number of furan rings is 1. The minimum absolute atomic E-state index is 0.0230. The number of amides is 1. The summed E-state index contributed by atoms with van der Waals surface area (Å²) in [6.07, 6.45) is 1.62.